The molecule has 3 atom stereocenters. The van der Waals surface area contributed by atoms with Crippen LogP contribution >= 0.6 is 0 Å². The zero-order chi connectivity index (χ0) is 29.7. The van der Waals surface area contributed by atoms with Crippen LogP contribution in [0.2, 0.25) is 0 Å². The summed E-state index contributed by atoms with van der Waals surface area (Å²) in [6.07, 6.45) is -4.88. The summed E-state index contributed by atoms with van der Waals surface area (Å²) in [6, 6.07) is 1.66. The largest absolute Gasteiger partial charge is 0.481 e. The number of piperidine rings is 1. The summed E-state index contributed by atoms with van der Waals surface area (Å²) in [7, 11) is 1.39. The first-order valence-corrected chi connectivity index (χ1v) is 13.3. The van der Waals surface area contributed by atoms with Gasteiger partial charge in [-0.05, 0) is 57.4 Å². The molecule has 0 unspecified atom stereocenters. The Labute approximate surface area is 230 Å². The molecule has 4 heterocycles. The van der Waals surface area contributed by atoms with Crippen LogP contribution in [0.15, 0.2) is 18.3 Å². The highest BCUT2D eigenvalue weighted by Gasteiger charge is 2.69. The highest BCUT2D eigenvalue weighted by atomic mass is 19.4. The number of nitrogens with zero attached hydrogens (tertiary/aromatic N) is 3. The molecule has 9 nitrogen and oxygen atoms in total. The summed E-state index contributed by atoms with van der Waals surface area (Å²) >= 11 is 0. The van der Waals surface area contributed by atoms with Crippen LogP contribution in [-0.4, -0.2) is 79.9 Å². The fraction of sp³-hybridized carbons (Fsp3) is 0.615. The van der Waals surface area contributed by atoms with Crippen molar-refractivity contribution in [3.8, 4) is 17.1 Å². The van der Waals surface area contributed by atoms with E-state index in [0.717, 1.165) is 6.20 Å². The van der Waals surface area contributed by atoms with Crippen LogP contribution in [0.1, 0.15) is 61.9 Å². The number of methoxy groups -OCH3 is 1. The van der Waals surface area contributed by atoms with E-state index in [1.54, 1.807) is 4.90 Å². The van der Waals surface area contributed by atoms with Gasteiger partial charge in [0.25, 0.3) is 5.91 Å². The molecule has 3 aliphatic rings. The van der Waals surface area contributed by atoms with Crippen molar-refractivity contribution in [2.75, 3.05) is 7.11 Å². The van der Waals surface area contributed by atoms with Crippen molar-refractivity contribution in [2.24, 2.45) is 5.92 Å². The van der Waals surface area contributed by atoms with E-state index in [0.29, 0.717) is 25.7 Å². The summed E-state index contributed by atoms with van der Waals surface area (Å²) in [5.41, 5.74) is -2.73. The molecule has 41 heavy (non-hydrogen) atoms. The monoisotopic (exact) mass is 589 g/mol. The number of pyridine rings is 1. The molecule has 1 saturated carbocycles. The number of carbonyl (C=O) groups excluding carboxylic acids is 2. The summed E-state index contributed by atoms with van der Waals surface area (Å²) in [5, 5.41) is 19.5. The second-order valence-electron chi connectivity index (χ2n) is 11.0. The Balaban J connectivity index is 1.19. The predicted molar refractivity (Wildman–Crippen MR) is 130 cm³/mol. The predicted octanol–water partition coefficient (Wildman–Crippen LogP) is 3.99. The zero-order valence-corrected chi connectivity index (χ0v) is 22.0. The van der Waals surface area contributed by atoms with Crippen LogP contribution in [0.25, 0.3) is 11.3 Å². The van der Waals surface area contributed by atoms with Crippen LogP contribution in [-0.2, 0) is 4.79 Å². The smallest absolute Gasteiger partial charge is 0.456 e. The maximum Gasteiger partial charge on any atom is 0.456 e. The van der Waals surface area contributed by atoms with E-state index in [1.807, 2.05) is 0 Å². The van der Waals surface area contributed by atoms with E-state index in [9.17, 15) is 41.0 Å². The first-order chi connectivity index (χ1) is 19.2. The van der Waals surface area contributed by atoms with E-state index < -0.39 is 48.3 Å². The van der Waals surface area contributed by atoms with Gasteiger partial charge in [0.05, 0.1) is 19.0 Å². The van der Waals surface area contributed by atoms with Crippen molar-refractivity contribution in [1.29, 1.82) is 0 Å². The fourth-order valence-electron chi connectivity index (χ4n) is 6.30. The van der Waals surface area contributed by atoms with Crippen LogP contribution in [0.5, 0.6) is 5.88 Å². The third-order valence-corrected chi connectivity index (χ3v) is 8.56. The molecule has 3 N–H and O–H groups in total. The van der Waals surface area contributed by atoms with Crippen molar-refractivity contribution in [3.05, 3.63) is 29.8 Å². The molecule has 15 heteroatoms. The quantitative estimate of drug-likeness (QED) is 0.439. The molecular weight excluding hydrogens is 560 g/mol. The van der Waals surface area contributed by atoms with E-state index in [1.165, 1.54) is 19.2 Å². The number of ether oxygens (including phenoxy) is 1. The maximum atomic E-state index is 14.3. The number of rotatable bonds is 6. The molecule has 0 spiro atoms. The van der Waals surface area contributed by atoms with E-state index in [2.05, 4.69) is 20.5 Å². The number of aliphatic hydroxyl groups is 1. The number of nitrogens with one attached hydrogen (secondary N) is 2. The lowest BCUT2D eigenvalue weighted by Gasteiger charge is -2.42. The zero-order valence-electron chi connectivity index (χ0n) is 22.0. The molecule has 0 radical (unpaired) electrons. The third kappa shape index (κ3) is 5.24. The lowest BCUT2D eigenvalue weighted by atomic mass is 9.77. The van der Waals surface area contributed by atoms with Gasteiger partial charge in [0.2, 0.25) is 11.8 Å². The summed E-state index contributed by atoms with van der Waals surface area (Å²) in [4.78, 5) is 31.9. The highest BCUT2D eigenvalue weighted by Crippen LogP contribution is 2.49. The number of hydrogen-bond acceptors (Lipinski definition) is 6. The summed E-state index contributed by atoms with van der Waals surface area (Å²) in [5.74, 6) is -6.87. The first kappa shape index (κ1) is 29.1. The van der Waals surface area contributed by atoms with Gasteiger partial charge in [0.15, 0.2) is 11.5 Å². The second kappa shape index (κ2) is 10.5. The minimum atomic E-state index is -5.87. The van der Waals surface area contributed by atoms with Crippen molar-refractivity contribution in [1.82, 2.24) is 25.4 Å². The standard InChI is InChI=1S/C26H29F6N5O4/c1-41-21-10-17(18(27)12-33-21)19-11-20(36-35-19)23(39)37-15-2-3-16(37)9-13(8-15)22(38)34-14-4-6-24(40,7-5-14)25(28,29)26(30,31)32/h10-16,40H,2-9H2,1H3,(H,34,38)(H,35,36)/t13-,14?,15-,16+,24?. The number of aromatic amines is 1. The van der Waals surface area contributed by atoms with Crippen molar-refractivity contribution < 1.29 is 45.8 Å². The SMILES string of the molecule is COc1cc(-c2cc(C(=O)N3[C@@H]4CC[C@H]3C[C@H](C(=O)NC3CCC(O)(C(F)(F)C(F)(F)F)CC3)C4)n[nH]2)c(F)cn1. The first-order valence-electron chi connectivity index (χ1n) is 13.3. The van der Waals surface area contributed by atoms with Crippen LogP contribution in [0, 0.1) is 11.7 Å². The number of amides is 2. The van der Waals surface area contributed by atoms with Crippen molar-refractivity contribution >= 4 is 11.8 Å². The number of fused-ring (bicyclic) bond motifs is 2. The Morgan fingerprint density at radius 3 is 2.32 bits per heavy atom. The molecule has 3 fully saturated rings. The van der Waals surface area contributed by atoms with Gasteiger partial charge >= 0.3 is 12.1 Å². The van der Waals surface area contributed by atoms with Gasteiger partial charge in [0, 0.05) is 35.7 Å². The molecule has 2 amide bonds. The fourth-order valence-corrected chi connectivity index (χ4v) is 6.30. The lowest BCUT2D eigenvalue weighted by Crippen LogP contribution is -2.60. The summed E-state index contributed by atoms with van der Waals surface area (Å²) in [6.45, 7) is 0. The minimum absolute atomic E-state index is 0.0836. The van der Waals surface area contributed by atoms with Gasteiger partial charge in [-0.15, -0.1) is 0 Å². The Morgan fingerprint density at radius 1 is 1.10 bits per heavy atom. The molecule has 2 saturated heterocycles. The van der Waals surface area contributed by atoms with Crippen LogP contribution < -0.4 is 10.1 Å². The molecule has 224 valence electrons. The van der Waals surface area contributed by atoms with Gasteiger partial charge in [-0.2, -0.15) is 27.1 Å². The van der Waals surface area contributed by atoms with Gasteiger partial charge in [-0.3, -0.25) is 14.7 Å². The number of carbonyl (C=O) groups is 2. The molecule has 5 rings (SSSR count). The van der Waals surface area contributed by atoms with Crippen LogP contribution in [0.3, 0.4) is 0 Å². The molecule has 2 aromatic heterocycles. The molecule has 2 aliphatic heterocycles. The third-order valence-electron chi connectivity index (χ3n) is 8.56. The minimum Gasteiger partial charge on any atom is -0.481 e. The number of H-pyrrole nitrogens is 1. The second-order valence-corrected chi connectivity index (χ2v) is 11.0. The average Bonchev–Trinajstić information content (AvgIpc) is 3.51. The van der Waals surface area contributed by atoms with Gasteiger partial charge in [0.1, 0.15) is 5.60 Å². The Bertz CT molecular complexity index is 1300. The lowest BCUT2D eigenvalue weighted by molar-refractivity contribution is -0.347. The number of alkyl halides is 5. The van der Waals surface area contributed by atoms with Crippen molar-refractivity contribution in [3.63, 3.8) is 0 Å². The Hall–Kier alpha value is -3.36. The topological polar surface area (TPSA) is 120 Å². The molecular formula is C26H29F6N5O4. The Kier molecular flexibility index (Phi) is 7.45. The molecule has 2 aromatic rings. The molecule has 0 aromatic carbocycles. The highest BCUT2D eigenvalue weighted by molar-refractivity contribution is 5.94. The van der Waals surface area contributed by atoms with Gasteiger partial charge in [-0.25, -0.2) is 9.37 Å². The van der Waals surface area contributed by atoms with Gasteiger partial charge in [-0.1, -0.05) is 0 Å². The van der Waals surface area contributed by atoms with E-state index in [-0.39, 0.29) is 59.6 Å². The maximum absolute atomic E-state index is 14.3. The van der Waals surface area contributed by atoms with Crippen LogP contribution in [0.4, 0.5) is 26.3 Å². The van der Waals surface area contributed by atoms with E-state index >= 15 is 0 Å². The number of aromatic nitrogens is 3. The van der Waals surface area contributed by atoms with Crippen molar-refractivity contribution in [2.45, 2.75) is 87.2 Å². The number of hydrogen-bond donors (Lipinski definition) is 3. The summed E-state index contributed by atoms with van der Waals surface area (Å²) < 4.78 is 85.3. The molecule has 2 bridgehead atoms. The van der Waals surface area contributed by atoms with Gasteiger partial charge < -0.3 is 20.1 Å². The Morgan fingerprint density at radius 2 is 1.73 bits per heavy atom. The normalized spacial score (nSPS) is 28.4. The molecule has 1 aliphatic carbocycles. The average molecular weight is 590 g/mol. The number of halogens is 6. The van der Waals surface area contributed by atoms with E-state index in [4.69, 9.17) is 4.74 Å².